The van der Waals surface area contributed by atoms with Crippen LogP contribution in [0.5, 0.6) is 0 Å². The van der Waals surface area contributed by atoms with Crippen molar-refractivity contribution >= 4 is 5.96 Å². The fourth-order valence-electron chi connectivity index (χ4n) is 3.70. The van der Waals surface area contributed by atoms with Crippen molar-refractivity contribution in [1.82, 2.24) is 20.4 Å². The highest BCUT2D eigenvalue weighted by molar-refractivity contribution is 5.80. The molecule has 0 aromatic heterocycles. The number of piperazine rings is 1. The molecular formula is C15H29N5O. The van der Waals surface area contributed by atoms with E-state index < -0.39 is 0 Å². The Bertz CT molecular complexity index is 388. The summed E-state index contributed by atoms with van der Waals surface area (Å²) in [5.41, 5.74) is 0. The van der Waals surface area contributed by atoms with Crippen LogP contribution in [-0.4, -0.2) is 87.4 Å². The van der Waals surface area contributed by atoms with E-state index in [1.54, 1.807) is 0 Å². The molecular weight excluding hydrogens is 266 g/mol. The molecule has 4 atom stereocenters. The minimum absolute atomic E-state index is 0.386. The van der Waals surface area contributed by atoms with E-state index in [9.17, 15) is 0 Å². The number of rotatable bonds is 3. The van der Waals surface area contributed by atoms with Gasteiger partial charge >= 0.3 is 0 Å². The predicted molar refractivity (Wildman–Crippen MR) is 84.7 cm³/mol. The summed E-state index contributed by atoms with van der Waals surface area (Å²) in [4.78, 5) is 9.20. The quantitative estimate of drug-likeness (QED) is 0.554. The lowest BCUT2D eigenvalue weighted by Gasteiger charge is -2.38. The van der Waals surface area contributed by atoms with Crippen LogP contribution in [0.1, 0.15) is 19.3 Å². The smallest absolute Gasteiger partial charge is 0.191 e. The maximum absolute atomic E-state index is 5.90. The summed E-state index contributed by atoms with van der Waals surface area (Å²) in [6.07, 6.45) is 4.40. The fourth-order valence-corrected chi connectivity index (χ4v) is 3.70. The number of ether oxygens (including phenoxy) is 1. The van der Waals surface area contributed by atoms with E-state index in [1.165, 1.54) is 12.8 Å². The third-order valence-corrected chi connectivity index (χ3v) is 5.14. The van der Waals surface area contributed by atoms with Gasteiger partial charge in [0, 0.05) is 39.3 Å². The molecule has 0 saturated carbocycles. The van der Waals surface area contributed by atoms with E-state index >= 15 is 0 Å². The highest BCUT2D eigenvalue weighted by Crippen LogP contribution is 2.34. The monoisotopic (exact) mass is 295 g/mol. The molecule has 6 nitrogen and oxygen atoms in total. The molecule has 0 amide bonds. The third-order valence-electron chi connectivity index (χ3n) is 5.14. The largest absolute Gasteiger partial charge is 0.373 e. The normalized spacial score (nSPS) is 38.0. The first kappa shape index (κ1) is 15.1. The zero-order valence-electron chi connectivity index (χ0n) is 13.5. The van der Waals surface area contributed by atoms with Crippen LogP contribution in [0.25, 0.3) is 0 Å². The second-order valence-corrected chi connectivity index (χ2v) is 6.71. The molecule has 3 heterocycles. The molecule has 0 aliphatic carbocycles. The van der Waals surface area contributed by atoms with Gasteiger partial charge in [0.15, 0.2) is 5.96 Å². The summed E-state index contributed by atoms with van der Waals surface area (Å²) in [5, 5.41) is 7.04. The van der Waals surface area contributed by atoms with Crippen LogP contribution >= 0.6 is 0 Å². The Kier molecular flexibility index (Phi) is 4.66. The van der Waals surface area contributed by atoms with Crippen molar-refractivity contribution in [3.8, 4) is 0 Å². The Morgan fingerprint density at radius 3 is 2.81 bits per heavy atom. The Hall–Kier alpha value is -0.850. The average molecular weight is 295 g/mol. The molecule has 3 aliphatic heterocycles. The van der Waals surface area contributed by atoms with Gasteiger partial charge in [-0.1, -0.05) is 0 Å². The summed E-state index contributed by atoms with van der Waals surface area (Å²) < 4.78 is 5.90. The number of hydrogen-bond acceptors (Lipinski definition) is 4. The molecule has 3 rings (SSSR count). The van der Waals surface area contributed by atoms with E-state index in [0.29, 0.717) is 24.3 Å². The van der Waals surface area contributed by atoms with Crippen LogP contribution in [-0.2, 0) is 4.74 Å². The minimum atomic E-state index is 0.386. The Balaban J connectivity index is 1.46. The third kappa shape index (κ3) is 3.49. The highest BCUT2D eigenvalue weighted by atomic mass is 16.5. The summed E-state index contributed by atoms with van der Waals surface area (Å²) in [7, 11) is 6.25. The summed E-state index contributed by atoms with van der Waals surface area (Å²) in [6, 6.07) is 0.972. The van der Waals surface area contributed by atoms with E-state index in [1.807, 2.05) is 7.05 Å². The van der Waals surface area contributed by atoms with Gasteiger partial charge in [0.25, 0.3) is 0 Å². The molecule has 2 bridgehead atoms. The van der Waals surface area contributed by atoms with Gasteiger partial charge in [0.05, 0.1) is 18.2 Å². The Labute approximate surface area is 127 Å². The standard InChI is InChI=1S/C15H29N5O/c1-16-15(18-13-8-12-4-5-14(13)21-12)17-9-11-10-19(2)6-7-20(11)3/h11-14H,4-10H2,1-3H3,(H2,16,17,18). The molecule has 0 aromatic carbocycles. The van der Waals surface area contributed by atoms with Crippen LogP contribution in [0.2, 0.25) is 0 Å². The van der Waals surface area contributed by atoms with Crippen molar-refractivity contribution in [2.45, 2.75) is 43.6 Å². The molecule has 3 fully saturated rings. The van der Waals surface area contributed by atoms with Gasteiger partial charge in [-0.3, -0.25) is 9.89 Å². The second-order valence-electron chi connectivity index (χ2n) is 6.71. The summed E-state index contributed by atoms with van der Waals surface area (Å²) >= 11 is 0. The van der Waals surface area contributed by atoms with Gasteiger partial charge in [0.2, 0.25) is 0 Å². The van der Waals surface area contributed by atoms with Gasteiger partial charge in [-0.2, -0.15) is 0 Å². The fraction of sp³-hybridized carbons (Fsp3) is 0.933. The molecule has 4 unspecified atom stereocenters. The zero-order chi connectivity index (χ0) is 14.8. The highest BCUT2D eigenvalue weighted by Gasteiger charge is 2.41. The van der Waals surface area contributed by atoms with E-state index in [0.717, 1.165) is 38.6 Å². The number of nitrogens with zero attached hydrogens (tertiary/aromatic N) is 3. The van der Waals surface area contributed by atoms with Crippen molar-refractivity contribution < 1.29 is 4.74 Å². The number of hydrogen-bond donors (Lipinski definition) is 2. The Morgan fingerprint density at radius 2 is 2.14 bits per heavy atom. The number of likely N-dealkylation sites (N-methyl/N-ethyl adjacent to an activating group) is 2. The number of guanidine groups is 1. The van der Waals surface area contributed by atoms with Crippen LogP contribution < -0.4 is 10.6 Å². The van der Waals surface area contributed by atoms with Crippen molar-refractivity contribution in [3.05, 3.63) is 0 Å². The maximum Gasteiger partial charge on any atom is 0.191 e. The first-order valence-corrected chi connectivity index (χ1v) is 8.17. The molecule has 0 spiro atoms. The average Bonchev–Trinajstić information content (AvgIpc) is 3.09. The van der Waals surface area contributed by atoms with E-state index in [2.05, 4.69) is 39.5 Å². The van der Waals surface area contributed by atoms with Gasteiger partial charge in [-0.05, 0) is 33.4 Å². The molecule has 120 valence electrons. The lowest BCUT2D eigenvalue weighted by atomic mass is 9.96. The van der Waals surface area contributed by atoms with Crippen molar-refractivity contribution in [2.75, 3.05) is 47.3 Å². The predicted octanol–water partition coefficient (Wildman–Crippen LogP) is -0.283. The first-order chi connectivity index (χ1) is 10.2. The SMILES string of the molecule is CN=C(NCC1CN(C)CCN1C)NC1CC2CCC1O2. The molecule has 2 N–H and O–H groups in total. The number of aliphatic imine (C=N–C) groups is 1. The van der Waals surface area contributed by atoms with Gasteiger partial charge in [-0.15, -0.1) is 0 Å². The lowest BCUT2D eigenvalue weighted by molar-refractivity contribution is 0.0990. The first-order valence-electron chi connectivity index (χ1n) is 8.17. The minimum Gasteiger partial charge on any atom is -0.373 e. The summed E-state index contributed by atoms with van der Waals surface area (Å²) in [5.74, 6) is 0.915. The molecule has 3 aliphatic rings. The number of fused-ring (bicyclic) bond motifs is 2. The topological polar surface area (TPSA) is 52.1 Å². The van der Waals surface area contributed by atoms with Crippen molar-refractivity contribution in [2.24, 2.45) is 4.99 Å². The molecule has 3 saturated heterocycles. The molecule has 0 aromatic rings. The van der Waals surface area contributed by atoms with Gasteiger partial charge < -0.3 is 20.3 Å². The number of nitrogens with one attached hydrogen (secondary N) is 2. The lowest BCUT2D eigenvalue weighted by Crippen LogP contribution is -2.56. The van der Waals surface area contributed by atoms with Crippen LogP contribution in [0, 0.1) is 0 Å². The zero-order valence-corrected chi connectivity index (χ0v) is 13.5. The second kappa shape index (κ2) is 6.50. The van der Waals surface area contributed by atoms with Crippen molar-refractivity contribution in [1.29, 1.82) is 0 Å². The van der Waals surface area contributed by atoms with Gasteiger partial charge in [-0.25, -0.2) is 0 Å². The van der Waals surface area contributed by atoms with E-state index in [-0.39, 0.29) is 0 Å². The summed E-state index contributed by atoms with van der Waals surface area (Å²) in [6.45, 7) is 4.33. The van der Waals surface area contributed by atoms with Crippen LogP contribution in [0.3, 0.4) is 0 Å². The molecule has 21 heavy (non-hydrogen) atoms. The van der Waals surface area contributed by atoms with Gasteiger partial charge in [0.1, 0.15) is 0 Å². The van der Waals surface area contributed by atoms with Crippen LogP contribution in [0.15, 0.2) is 4.99 Å². The maximum atomic E-state index is 5.90. The van der Waals surface area contributed by atoms with Crippen molar-refractivity contribution in [3.63, 3.8) is 0 Å². The Morgan fingerprint density at radius 1 is 1.29 bits per heavy atom. The molecule has 6 heteroatoms. The van der Waals surface area contributed by atoms with Crippen LogP contribution in [0.4, 0.5) is 0 Å². The van der Waals surface area contributed by atoms with E-state index in [4.69, 9.17) is 4.74 Å². The molecule has 0 radical (unpaired) electrons.